The molecule has 0 fully saturated rings. The largest absolute Gasteiger partial charge is 0.439 e. The van der Waals surface area contributed by atoms with E-state index in [0.29, 0.717) is 16.9 Å². The van der Waals surface area contributed by atoms with Gasteiger partial charge in [0.2, 0.25) is 5.88 Å². The van der Waals surface area contributed by atoms with Crippen molar-refractivity contribution in [2.75, 3.05) is 6.26 Å². The van der Waals surface area contributed by atoms with Gasteiger partial charge in [0.15, 0.2) is 11.0 Å². The van der Waals surface area contributed by atoms with Crippen molar-refractivity contribution in [1.29, 1.82) is 0 Å². The number of ether oxygens (including phenoxy) is 1. The Morgan fingerprint density at radius 3 is 2.64 bits per heavy atom. The molecule has 2 aromatic heterocycles. The Morgan fingerprint density at radius 1 is 1.09 bits per heavy atom. The summed E-state index contributed by atoms with van der Waals surface area (Å²) in [5.74, 6) is 1.85. The molecular weight excluding hydrogens is 298 g/mol. The van der Waals surface area contributed by atoms with Gasteiger partial charge in [-0.3, -0.25) is 0 Å². The molecule has 0 amide bonds. The number of rotatable bonds is 4. The quantitative estimate of drug-likeness (QED) is 0.544. The summed E-state index contributed by atoms with van der Waals surface area (Å²) >= 11 is 1.45. The minimum Gasteiger partial charge on any atom is -0.439 e. The van der Waals surface area contributed by atoms with Gasteiger partial charge in [0.1, 0.15) is 18.4 Å². The molecular formula is C15H15N5OS. The van der Waals surface area contributed by atoms with Gasteiger partial charge in [0.05, 0.1) is 0 Å². The zero-order valence-corrected chi connectivity index (χ0v) is 13.3. The molecule has 0 N–H and O–H groups in total. The fourth-order valence-corrected chi connectivity index (χ4v) is 2.24. The number of thioether (sulfide) groups is 1. The highest BCUT2D eigenvalue weighted by Gasteiger charge is 2.09. The van der Waals surface area contributed by atoms with Gasteiger partial charge >= 0.3 is 0 Å². The molecule has 0 atom stereocenters. The molecule has 1 aromatic carbocycles. The summed E-state index contributed by atoms with van der Waals surface area (Å²) in [6, 6.07) is 7.69. The third kappa shape index (κ3) is 3.09. The fourth-order valence-electron chi connectivity index (χ4n) is 1.88. The highest BCUT2D eigenvalue weighted by atomic mass is 32.2. The van der Waals surface area contributed by atoms with E-state index in [4.69, 9.17) is 4.74 Å². The minimum absolute atomic E-state index is 0.480. The van der Waals surface area contributed by atoms with Crippen LogP contribution in [-0.2, 0) is 0 Å². The van der Waals surface area contributed by atoms with E-state index >= 15 is 0 Å². The molecule has 7 heteroatoms. The number of hydrogen-bond donors (Lipinski definition) is 0. The zero-order valence-electron chi connectivity index (χ0n) is 12.5. The summed E-state index contributed by atoms with van der Waals surface area (Å²) < 4.78 is 7.45. The molecule has 3 aromatic rings. The van der Waals surface area contributed by atoms with Crippen molar-refractivity contribution < 1.29 is 4.74 Å². The van der Waals surface area contributed by atoms with Crippen molar-refractivity contribution >= 4 is 11.8 Å². The van der Waals surface area contributed by atoms with E-state index in [0.717, 1.165) is 5.75 Å². The van der Waals surface area contributed by atoms with Crippen LogP contribution in [0.3, 0.4) is 0 Å². The number of aryl methyl sites for hydroxylation is 2. The third-order valence-electron chi connectivity index (χ3n) is 3.21. The first-order chi connectivity index (χ1) is 10.7. The minimum atomic E-state index is 0.480. The maximum absolute atomic E-state index is 5.87. The average Bonchev–Trinajstić information content (AvgIpc) is 3.05. The highest BCUT2D eigenvalue weighted by molar-refractivity contribution is 7.98. The van der Waals surface area contributed by atoms with Crippen LogP contribution < -0.4 is 4.74 Å². The Hall–Kier alpha value is -2.41. The van der Waals surface area contributed by atoms with Gasteiger partial charge in [-0.2, -0.15) is 10.1 Å². The fraction of sp³-hybridized carbons (Fsp3) is 0.200. The maximum Gasteiger partial charge on any atom is 0.225 e. The second kappa shape index (κ2) is 6.15. The topological polar surface area (TPSA) is 65.7 Å². The van der Waals surface area contributed by atoms with Crippen molar-refractivity contribution in [2.24, 2.45) is 0 Å². The van der Waals surface area contributed by atoms with Crippen molar-refractivity contribution in [3.05, 3.63) is 48.0 Å². The van der Waals surface area contributed by atoms with Crippen LogP contribution in [0.5, 0.6) is 11.6 Å². The molecule has 3 rings (SSSR count). The first-order valence-electron chi connectivity index (χ1n) is 6.69. The Morgan fingerprint density at radius 2 is 1.95 bits per heavy atom. The SMILES string of the molecule is CSc1nc(Oc2ccc(C)c(C)c2)cc(-n2cncn2)n1. The lowest BCUT2D eigenvalue weighted by molar-refractivity contribution is 0.454. The number of aromatic nitrogens is 5. The van der Waals surface area contributed by atoms with Crippen molar-refractivity contribution in [1.82, 2.24) is 24.7 Å². The first-order valence-corrected chi connectivity index (χ1v) is 7.91. The molecule has 2 heterocycles. The van der Waals surface area contributed by atoms with Gasteiger partial charge < -0.3 is 4.74 Å². The molecule has 22 heavy (non-hydrogen) atoms. The van der Waals surface area contributed by atoms with Gasteiger partial charge in [-0.05, 0) is 43.4 Å². The standard InChI is InChI=1S/C15H15N5OS/c1-10-4-5-12(6-11(10)2)21-14-7-13(18-15(19-14)22-3)20-9-16-8-17-20/h4-9H,1-3H3. The van der Waals surface area contributed by atoms with Crippen LogP contribution in [0.2, 0.25) is 0 Å². The van der Waals surface area contributed by atoms with Gasteiger partial charge in [0.25, 0.3) is 0 Å². The summed E-state index contributed by atoms with van der Waals surface area (Å²) in [7, 11) is 0. The van der Waals surface area contributed by atoms with E-state index in [1.807, 2.05) is 24.5 Å². The second-order valence-electron chi connectivity index (χ2n) is 4.74. The van der Waals surface area contributed by atoms with Crippen LogP contribution in [0.25, 0.3) is 5.82 Å². The Bertz CT molecular complexity index is 789. The van der Waals surface area contributed by atoms with Crippen LogP contribution in [0.1, 0.15) is 11.1 Å². The average molecular weight is 313 g/mol. The van der Waals surface area contributed by atoms with E-state index in [2.05, 4.69) is 33.9 Å². The lowest BCUT2D eigenvalue weighted by Gasteiger charge is -2.09. The Balaban J connectivity index is 1.95. The van der Waals surface area contributed by atoms with E-state index in [-0.39, 0.29) is 0 Å². The lowest BCUT2D eigenvalue weighted by atomic mass is 10.1. The predicted molar refractivity (Wildman–Crippen MR) is 84.7 cm³/mol. The van der Waals surface area contributed by atoms with E-state index in [1.165, 1.54) is 29.2 Å². The van der Waals surface area contributed by atoms with E-state index < -0.39 is 0 Å². The molecule has 0 aliphatic carbocycles. The van der Waals surface area contributed by atoms with Crippen LogP contribution in [0.4, 0.5) is 0 Å². The smallest absolute Gasteiger partial charge is 0.225 e. The molecule has 0 saturated heterocycles. The van der Waals surface area contributed by atoms with Crippen LogP contribution >= 0.6 is 11.8 Å². The summed E-state index contributed by atoms with van der Waals surface area (Å²) in [5, 5.41) is 4.70. The molecule has 0 aliphatic rings. The summed E-state index contributed by atoms with van der Waals surface area (Å²) in [5.41, 5.74) is 2.40. The summed E-state index contributed by atoms with van der Waals surface area (Å²) in [4.78, 5) is 12.7. The lowest BCUT2D eigenvalue weighted by Crippen LogP contribution is -2.02. The summed E-state index contributed by atoms with van der Waals surface area (Å²) in [6.45, 7) is 4.12. The summed E-state index contributed by atoms with van der Waals surface area (Å²) in [6.07, 6.45) is 4.97. The monoisotopic (exact) mass is 313 g/mol. The molecule has 112 valence electrons. The maximum atomic E-state index is 5.87. The molecule has 0 unspecified atom stereocenters. The normalized spacial score (nSPS) is 10.7. The number of hydrogen-bond acceptors (Lipinski definition) is 6. The Kier molecular flexibility index (Phi) is 4.06. The van der Waals surface area contributed by atoms with Gasteiger partial charge in [0, 0.05) is 6.07 Å². The van der Waals surface area contributed by atoms with Crippen molar-refractivity contribution in [3.63, 3.8) is 0 Å². The first kappa shape index (κ1) is 14.5. The molecule has 0 radical (unpaired) electrons. The van der Waals surface area contributed by atoms with E-state index in [9.17, 15) is 0 Å². The molecule has 6 nitrogen and oxygen atoms in total. The van der Waals surface area contributed by atoms with Gasteiger partial charge in [-0.15, -0.1) is 0 Å². The van der Waals surface area contributed by atoms with Crippen molar-refractivity contribution in [3.8, 4) is 17.4 Å². The predicted octanol–water partition coefficient (Wildman–Crippen LogP) is 3.19. The van der Waals surface area contributed by atoms with Crippen LogP contribution in [-0.4, -0.2) is 31.0 Å². The van der Waals surface area contributed by atoms with E-state index in [1.54, 1.807) is 17.1 Å². The third-order valence-corrected chi connectivity index (χ3v) is 3.75. The van der Waals surface area contributed by atoms with Gasteiger partial charge in [-0.25, -0.2) is 14.6 Å². The van der Waals surface area contributed by atoms with Crippen molar-refractivity contribution in [2.45, 2.75) is 19.0 Å². The van der Waals surface area contributed by atoms with Crippen LogP contribution in [0.15, 0.2) is 42.1 Å². The molecule has 0 spiro atoms. The molecule has 0 saturated carbocycles. The molecule has 0 bridgehead atoms. The van der Waals surface area contributed by atoms with Gasteiger partial charge in [-0.1, -0.05) is 17.8 Å². The molecule has 0 aliphatic heterocycles. The highest BCUT2D eigenvalue weighted by Crippen LogP contribution is 2.25. The Labute approximate surface area is 132 Å². The number of benzene rings is 1. The van der Waals surface area contributed by atoms with Crippen LogP contribution in [0, 0.1) is 13.8 Å². The zero-order chi connectivity index (χ0) is 15.5. The number of nitrogens with zero attached hydrogens (tertiary/aromatic N) is 5. The second-order valence-corrected chi connectivity index (χ2v) is 5.51.